The van der Waals surface area contributed by atoms with Gasteiger partial charge in [0.25, 0.3) is 0 Å². The van der Waals surface area contributed by atoms with E-state index in [2.05, 4.69) is 22.8 Å². The van der Waals surface area contributed by atoms with Crippen molar-refractivity contribution in [3.8, 4) is 11.5 Å². The van der Waals surface area contributed by atoms with Gasteiger partial charge in [-0.15, -0.1) is 0 Å². The van der Waals surface area contributed by atoms with Crippen LogP contribution >= 0.6 is 0 Å². The highest BCUT2D eigenvalue weighted by molar-refractivity contribution is 6.11. The lowest BCUT2D eigenvalue weighted by Gasteiger charge is -2.28. The lowest BCUT2D eigenvalue weighted by Crippen LogP contribution is -2.39. The quantitative estimate of drug-likeness (QED) is 0.808. The van der Waals surface area contributed by atoms with Crippen molar-refractivity contribution >= 4 is 11.5 Å². The first-order valence-electron chi connectivity index (χ1n) is 8.65. The van der Waals surface area contributed by atoms with Gasteiger partial charge in [-0.25, -0.2) is 4.58 Å². The summed E-state index contributed by atoms with van der Waals surface area (Å²) < 4.78 is 13.3. The number of fused-ring (bicyclic) bond motifs is 2. The predicted octanol–water partition coefficient (Wildman–Crippen LogP) is 3.17. The summed E-state index contributed by atoms with van der Waals surface area (Å²) in [5.74, 6) is 1.75. The third-order valence-corrected chi connectivity index (χ3v) is 5.24. The van der Waals surface area contributed by atoms with Crippen LogP contribution in [0.1, 0.15) is 35.6 Å². The maximum atomic E-state index is 12.5. The number of ether oxygens (including phenoxy) is 2. The monoisotopic (exact) mass is 336 g/mol. The molecule has 2 heterocycles. The van der Waals surface area contributed by atoms with E-state index in [0.717, 1.165) is 30.0 Å². The number of rotatable bonds is 3. The van der Waals surface area contributed by atoms with Crippen molar-refractivity contribution in [1.29, 1.82) is 0 Å². The molecule has 4 heteroatoms. The Bertz CT molecular complexity index is 855. The highest BCUT2D eigenvalue weighted by atomic mass is 16.5. The highest BCUT2D eigenvalue weighted by Gasteiger charge is 2.39. The van der Waals surface area contributed by atoms with Crippen LogP contribution in [0.3, 0.4) is 0 Å². The van der Waals surface area contributed by atoms with E-state index >= 15 is 0 Å². The Morgan fingerprint density at radius 3 is 2.48 bits per heavy atom. The van der Waals surface area contributed by atoms with Crippen molar-refractivity contribution in [2.75, 3.05) is 20.8 Å². The fraction of sp³-hybridized carbons (Fsp3) is 0.333. The summed E-state index contributed by atoms with van der Waals surface area (Å²) in [6.45, 7) is 0.921. The standard InChI is InChI=1S/C21H22NO3/c1-24-20-10-15-8-9-22-18(14-6-4-3-5-7-14)11-16(23)12-19(22)17(15)13-21(20)25-2/h3-7,10,13,18H,8-9,11-12H2,1-2H3/q+1. The van der Waals surface area contributed by atoms with Crippen LogP contribution in [0, 0.1) is 0 Å². The minimum Gasteiger partial charge on any atom is -0.493 e. The van der Waals surface area contributed by atoms with Crippen LogP contribution in [-0.2, 0) is 11.2 Å². The number of hydrogen-bond donors (Lipinski definition) is 0. The Hall–Kier alpha value is -2.62. The second kappa shape index (κ2) is 6.36. The van der Waals surface area contributed by atoms with Crippen molar-refractivity contribution < 1.29 is 18.8 Å². The van der Waals surface area contributed by atoms with Gasteiger partial charge in [0.05, 0.1) is 27.1 Å². The zero-order valence-electron chi connectivity index (χ0n) is 14.6. The Morgan fingerprint density at radius 2 is 1.76 bits per heavy atom. The largest absolute Gasteiger partial charge is 0.493 e. The first kappa shape index (κ1) is 15.9. The van der Waals surface area contributed by atoms with Gasteiger partial charge in [0.1, 0.15) is 12.3 Å². The van der Waals surface area contributed by atoms with E-state index in [1.165, 1.54) is 11.1 Å². The molecule has 2 aromatic carbocycles. The average molecular weight is 336 g/mol. The molecule has 0 spiro atoms. The van der Waals surface area contributed by atoms with Crippen LogP contribution in [0.25, 0.3) is 0 Å². The van der Waals surface area contributed by atoms with Crippen LogP contribution in [0.2, 0.25) is 0 Å². The first-order valence-corrected chi connectivity index (χ1v) is 8.65. The molecule has 1 atom stereocenters. The Balaban J connectivity index is 1.86. The molecule has 2 aliphatic rings. The van der Waals surface area contributed by atoms with E-state index in [1.54, 1.807) is 14.2 Å². The number of hydrogen-bond acceptors (Lipinski definition) is 3. The number of ketones is 1. The van der Waals surface area contributed by atoms with Gasteiger partial charge in [-0.2, -0.15) is 0 Å². The maximum Gasteiger partial charge on any atom is 0.191 e. The molecule has 0 radical (unpaired) electrons. The van der Waals surface area contributed by atoms with Crippen LogP contribution in [0.4, 0.5) is 0 Å². The molecule has 0 saturated carbocycles. The maximum absolute atomic E-state index is 12.5. The van der Waals surface area contributed by atoms with Crippen molar-refractivity contribution in [3.05, 3.63) is 59.2 Å². The number of carbonyl (C=O) groups is 1. The Labute approximate surface area is 147 Å². The summed E-state index contributed by atoms with van der Waals surface area (Å²) in [5.41, 5.74) is 4.67. The zero-order chi connectivity index (χ0) is 17.4. The summed E-state index contributed by atoms with van der Waals surface area (Å²) in [5, 5.41) is 0. The molecule has 0 aliphatic carbocycles. The first-order chi connectivity index (χ1) is 12.2. The number of carbonyl (C=O) groups excluding carboxylic acids is 1. The molecule has 0 fully saturated rings. The molecule has 1 unspecified atom stereocenters. The van der Waals surface area contributed by atoms with Gasteiger partial charge in [-0.05, 0) is 17.7 Å². The normalized spacial score (nSPS) is 19.3. The van der Waals surface area contributed by atoms with Gasteiger partial charge in [0.15, 0.2) is 23.3 Å². The lowest BCUT2D eigenvalue weighted by molar-refractivity contribution is -0.575. The summed E-state index contributed by atoms with van der Waals surface area (Å²) in [6.07, 6.45) is 2.01. The van der Waals surface area contributed by atoms with E-state index in [1.807, 2.05) is 24.3 Å². The number of methoxy groups -OCH3 is 2. The molecule has 0 amide bonds. The topological polar surface area (TPSA) is 38.5 Å². The molecule has 4 rings (SSSR count). The van der Waals surface area contributed by atoms with Crippen molar-refractivity contribution in [3.63, 3.8) is 0 Å². The summed E-state index contributed by atoms with van der Waals surface area (Å²) >= 11 is 0. The van der Waals surface area contributed by atoms with E-state index < -0.39 is 0 Å². The minimum atomic E-state index is 0.124. The van der Waals surface area contributed by atoms with Crippen molar-refractivity contribution in [2.45, 2.75) is 25.3 Å². The van der Waals surface area contributed by atoms with Gasteiger partial charge in [0, 0.05) is 17.5 Å². The van der Waals surface area contributed by atoms with Crippen LogP contribution in [0.5, 0.6) is 11.5 Å². The average Bonchev–Trinajstić information content (AvgIpc) is 2.66. The van der Waals surface area contributed by atoms with Gasteiger partial charge >= 0.3 is 0 Å². The van der Waals surface area contributed by atoms with Crippen LogP contribution in [0.15, 0.2) is 42.5 Å². The number of Topliss-reactive ketones (excluding diaryl/α,β-unsaturated/α-hetero) is 1. The summed E-state index contributed by atoms with van der Waals surface area (Å²) in [6, 6.07) is 14.5. The van der Waals surface area contributed by atoms with Gasteiger partial charge < -0.3 is 9.47 Å². The van der Waals surface area contributed by atoms with Gasteiger partial charge in [0.2, 0.25) is 0 Å². The fourth-order valence-corrected chi connectivity index (χ4v) is 4.03. The smallest absolute Gasteiger partial charge is 0.191 e. The predicted molar refractivity (Wildman–Crippen MR) is 95.9 cm³/mol. The molecular formula is C21H22NO3+. The molecular weight excluding hydrogens is 314 g/mol. The van der Waals surface area contributed by atoms with E-state index in [4.69, 9.17) is 9.47 Å². The molecule has 4 nitrogen and oxygen atoms in total. The highest BCUT2D eigenvalue weighted by Crippen LogP contribution is 2.36. The zero-order valence-corrected chi connectivity index (χ0v) is 14.6. The lowest BCUT2D eigenvalue weighted by atomic mass is 9.86. The van der Waals surface area contributed by atoms with Crippen LogP contribution in [-0.4, -0.2) is 36.8 Å². The fourth-order valence-electron chi connectivity index (χ4n) is 4.03. The summed E-state index contributed by atoms with van der Waals surface area (Å²) in [7, 11) is 3.30. The molecule has 0 N–H and O–H groups in total. The summed E-state index contributed by atoms with van der Waals surface area (Å²) in [4.78, 5) is 12.5. The third kappa shape index (κ3) is 2.72. The molecule has 0 saturated heterocycles. The second-order valence-electron chi connectivity index (χ2n) is 6.60. The molecule has 0 bridgehead atoms. The van der Waals surface area contributed by atoms with E-state index in [0.29, 0.717) is 24.4 Å². The molecule has 2 aromatic rings. The Morgan fingerprint density at radius 1 is 1.04 bits per heavy atom. The number of benzene rings is 2. The Kier molecular flexibility index (Phi) is 4.04. The van der Waals surface area contributed by atoms with Gasteiger partial charge in [-0.1, -0.05) is 30.3 Å². The van der Waals surface area contributed by atoms with E-state index in [9.17, 15) is 4.79 Å². The molecule has 128 valence electrons. The molecule has 25 heavy (non-hydrogen) atoms. The van der Waals surface area contributed by atoms with E-state index in [-0.39, 0.29) is 6.04 Å². The molecule has 0 aromatic heterocycles. The third-order valence-electron chi connectivity index (χ3n) is 5.24. The minimum absolute atomic E-state index is 0.124. The van der Waals surface area contributed by atoms with Gasteiger partial charge in [-0.3, -0.25) is 4.79 Å². The van der Waals surface area contributed by atoms with Crippen LogP contribution < -0.4 is 9.47 Å². The molecule has 2 aliphatic heterocycles. The van der Waals surface area contributed by atoms with Crippen molar-refractivity contribution in [2.24, 2.45) is 0 Å². The number of nitrogens with zero attached hydrogens (tertiary/aromatic N) is 1. The second-order valence-corrected chi connectivity index (χ2v) is 6.60. The SMILES string of the molecule is COc1cc2c(cc1OC)C1=[N+](CC2)C(c2ccccc2)CC(=O)C1. The van der Waals surface area contributed by atoms with Crippen molar-refractivity contribution in [1.82, 2.24) is 0 Å².